The first kappa shape index (κ1) is 13.1. The van der Waals surface area contributed by atoms with E-state index in [2.05, 4.69) is 16.3 Å². The van der Waals surface area contributed by atoms with Crippen molar-refractivity contribution in [2.75, 3.05) is 46.4 Å². The van der Waals surface area contributed by atoms with Crippen molar-refractivity contribution in [3.8, 4) is 0 Å². The van der Waals surface area contributed by atoms with Gasteiger partial charge in [-0.15, -0.1) is 0 Å². The van der Waals surface area contributed by atoms with Crippen LogP contribution in [0.5, 0.6) is 0 Å². The van der Waals surface area contributed by atoms with Crippen LogP contribution in [0.2, 0.25) is 0 Å². The van der Waals surface area contributed by atoms with E-state index in [0.29, 0.717) is 0 Å². The summed E-state index contributed by atoms with van der Waals surface area (Å²) in [6.45, 7) is 6.90. The summed E-state index contributed by atoms with van der Waals surface area (Å²) in [6, 6.07) is 0. The zero-order chi connectivity index (χ0) is 11.9. The Labute approximate surface area is 105 Å². The minimum Gasteiger partial charge on any atom is -0.380 e. The summed E-state index contributed by atoms with van der Waals surface area (Å²) in [6.07, 6.45) is 7.68. The molecule has 17 heavy (non-hydrogen) atoms. The Morgan fingerprint density at radius 2 is 2.24 bits per heavy atom. The van der Waals surface area contributed by atoms with Gasteiger partial charge in [-0.1, -0.05) is 6.08 Å². The molecule has 1 fully saturated rings. The third-order valence-corrected chi connectivity index (χ3v) is 4.03. The Bertz CT molecular complexity index is 247. The molecular weight excluding hydrogens is 212 g/mol. The van der Waals surface area contributed by atoms with Crippen LogP contribution in [0.1, 0.15) is 25.7 Å². The molecule has 0 aromatic heterocycles. The van der Waals surface area contributed by atoms with Crippen LogP contribution in [0.25, 0.3) is 0 Å². The summed E-state index contributed by atoms with van der Waals surface area (Å²) in [5.74, 6) is 0.959. The molecule has 1 saturated heterocycles. The molecule has 0 amide bonds. The lowest BCUT2D eigenvalue weighted by atomic mass is 9.94. The van der Waals surface area contributed by atoms with Crippen molar-refractivity contribution >= 4 is 0 Å². The second kappa shape index (κ2) is 7.14. The fraction of sp³-hybridized carbons (Fsp3) is 0.857. The Hall–Kier alpha value is -0.380. The highest BCUT2D eigenvalue weighted by Crippen LogP contribution is 2.18. The van der Waals surface area contributed by atoms with Crippen molar-refractivity contribution in [2.24, 2.45) is 5.92 Å². The van der Waals surface area contributed by atoms with E-state index in [1.54, 1.807) is 7.11 Å². The van der Waals surface area contributed by atoms with E-state index in [1.165, 1.54) is 57.4 Å². The lowest BCUT2D eigenvalue weighted by Crippen LogP contribution is -2.34. The van der Waals surface area contributed by atoms with Gasteiger partial charge in [0, 0.05) is 20.2 Å². The van der Waals surface area contributed by atoms with Gasteiger partial charge in [-0.3, -0.25) is 4.90 Å². The van der Waals surface area contributed by atoms with Crippen LogP contribution in [-0.4, -0.2) is 51.3 Å². The van der Waals surface area contributed by atoms with Crippen LogP contribution in [0.4, 0.5) is 0 Å². The normalized spacial score (nSPS) is 23.7. The lowest BCUT2D eigenvalue weighted by Gasteiger charge is -2.29. The van der Waals surface area contributed by atoms with Crippen molar-refractivity contribution in [3.63, 3.8) is 0 Å². The smallest absolute Gasteiger partial charge is 0.0673 e. The molecule has 2 aliphatic heterocycles. The van der Waals surface area contributed by atoms with Crippen LogP contribution in [0.3, 0.4) is 0 Å². The van der Waals surface area contributed by atoms with Gasteiger partial charge in [-0.25, -0.2) is 0 Å². The number of methoxy groups -OCH3 is 1. The van der Waals surface area contributed by atoms with Gasteiger partial charge in [0.1, 0.15) is 0 Å². The molecule has 3 nitrogen and oxygen atoms in total. The fourth-order valence-electron chi connectivity index (χ4n) is 2.81. The lowest BCUT2D eigenvalue weighted by molar-refractivity contribution is 0.206. The van der Waals surface area contributed by atoms with Crippen molar-refractivity contribution in [3.05, 3.63) is 11.6 Å². The quantitative estimate of drug-likeness (QED) is 0.737. The minimum absolute atomic E-state index is 0.822. The van der Waals surface area contributed by atoms with Crippen LogP contribution >= 0.6 is 0 Å². The fourth-order valence-corrected chi connectivity index (χ4v) is 2.81. The zero-order valence-corrected chi connectivity index (χ0v) is 11.1. The van der Waals surface area contributed by atoms with Gasteiger partial charge in [0.15, 0.2) is 0 Å². The molecule has 2 rings (SSSR count). The number of nitrogens with one attached hydrogen (secondary N) is 1. The average Bonchev–Trinajstić information content (AvgIpc) is 2.40. The van der Waals surface area contributed by atoms with Crippen molar-refractivity contribution < 1.29 is 4.74 Å². The molecule has 0 aromatic rings. The molecule has 0 radical (unpaired) electrons. The van der Waals surface area contributed by atoms with E-state index >= 15 is 0 Å². The van der Waals surface area contributed by atoms with Gasteiger partial charge in [0.05, 0.1) is 6.61 Å². The maximum Gasteiger partial charge on any atom is 0.0673 e. The molecule has 0 aromatic carbocycles. The predicted octanol–water partition coefficient (Wildman–Crippen LogP) is 1.65. The molecule has 1 N–H and O–H groups in total. The maximum absolute atomic E-state index is 5.18. The third-order valence-electron chi connectivity index (χ3n) is 4.03. The highest BCUT2D eigenvalue weighted by atomic mass is 16.5. The zero-order valence-electron chi connectivity index (χ0n) is 11.1. The molecule has 0 atom stereocenters. The molecule has 0 bridgehead atoms. The maximum atomic E-state index is 5.18. The van der Waals surface area contributed by atoms with Crippen molar-refractivity contribution in [1.82, 2.24) is 10.2 Å². The molecular formula is C14H26N2O. The molecule has 0 unspecified atom stereocenters. The van der Waals surface area contributed by atoms with E-state index in [9.17, 15) is 0 Å². The second-order valence-corrected chi connectivity index (χ2v) is 5.33. The first-order valence-corrected chi connectivity index (χ1v) is 6.98. The number of hydrogen-bond acceptors (Lipinski definition) is 3. The predicted molar refractivity (Wildman–Crippen MR) is 71.2 cm³/mol. The number of ether oxygens (including phenoxy) is 1. The van der Waals surface area contributed by atoms with Crippen LogP contribution in [0, 0.1) is 5.92 Å². The van der Waals surface area contributed by atoms with Crippen molar-refractivity contribution in [2.45, 2.75) is 25.7 Å². The Morgan fingerprint density at radius 1 is 1.41 bits per heavy atom. The highest BCUT2D eigenvalue weighted by molar-refractivity contribution is 5.07. The number of nitrogens with zero attached hydrogens (tertiary/aromatic N) is 1. The topological polar surface area (TPSA) is 24.5 Å². The monoisotopic (exact) mass is 238 g/mol. The number of hydrogen-bond donors (Lipinski definition) is 1. The number of rotatable bonds is 5. The van der Waals surface area contributed by atoms with Gasteiger partial charge < -0.3 is 10.1 Å². The number of piperidine rings is 1. The van der Waals surface area contributed by atoms with E-state index in [0.717, 1.165) is 19.1 Å². The van der Waals surface area contributed by atoms with E-state index in [-0.39, 0.29) is 0 Å². The van der Waals surface area contributed by atoms with Gasteiger partial charge in [0.2, 0.25) is 0 Å². The summed E-state index contributed by atoms with van der Waals surface area (Å²) in [5.41, 5.74) is 1.48. The summed E-state index contributed by atoms with van der Waals surface area (Å²) >= 11 is 0. The summed E-state index contributed by atoms with van der Waals surface area (Å²) in [5, 5.41) is 3.44. The Balaban J connectivity index is 1.64. The summed E-state index contributed by atoms with van der Waals surface area (Å²) in [4.78, 5) is 2.58. The largest absolute Gasteiger partial charge is 0.380 e. The van der Waals surface area contributed by atoms with Crippen molar-refractivity contribution in [1.29, 1.82) is 0 Å². The van der Waals surface area contributed by atoms with E-state index in [4.69, 9.17) is 4.74 Å². The minimum atomic E-state index is 0.822. The SMILES string of the molecule is COCC1=CCN(CCC2CCNCC2)CC1. The summed E-state index contributed by atoms with van der Waals surface area (Å²) in [7, 11) is 1.78. The molecule has 98 valence electrons. The van der Waals surface area contributed by atoms with Gasteiger partial charge in [-0.2, -0.15) is 0 Å². The third kappa shape index (κ3) is 4.41. The molecule has 3 heteroatoms. The first-order valence-electron chi connectivity index (χ1n) is 6.98. The molecule has 0 aliphatic carbocycles. The van der Waals surface area contributed by atoms with Gasteiger partial charge >= 0.3 is 0 Å². The highest BCUT2D eigenvalue weighted by Gasteiger charge is 2.16. The standard InChI is InChI=1S/C14H26N2O/c1-17-12-14-5-10-16(11-6-14)9-4-13-2-7-15-8-3-13/h5,13,15H,2-4,6-12H2,1H3. The van der Waals surface area contributed by atoms with Crippen LogP contribution < -0.4 is 5.32 Å². The molecule has 2 heterocycles. The Morgan fingerprint density at radius 3 is 2.88 bits per heavy atom. The summed E-state index contributed by atoms with van der Waals surface area (Å²) < 4.78 is 5.18. The van der Waals surface area contributed by atoms with E-state index < -0.39 is 0 Å². The molecule has 0 spiro atoms. The Kier molecular flexibility index (Phi) is 5.49. The average molecular weight is 238 g/mol. The van der Waals surface area contributed by atoms with E-state index in [1.807, 2.05) is 0 Å². The van der Waals surface area contributed by atoms with Crippen LogP contribution in [-0.2, 0) is 4.74 Å². The first-order chi connectivity index (χ1) is 8.38. The van der Waals surface area contributed by atoms with Gasteiger partial charge in [0.25, 0.3) is 0 Å². The molecule has 2 aliphatic rings. The van der Waals surface area contributed by atoms with Crippen LogP contribution in [0.15, 0.2) is 11.6 Å². The second-order valence-electron chi connectivity index (χ2n) is 5.33. The molecule has 0 saturated carbocycles. The van der Waals surface area contributed by atoms with Gasteiger partial charge in [-0.05, 0) is 56.8 Å².